The Morgan fingerprint density at radius 1 is 0.765 bits per heavy atom. The highest BCUT2D eigenvalue weighted by Crippen LogP contribution is 2.14. The topological polar surface area (TPSA) is 139 Å². The summed E-state index contributed by atoms with van der Waals surface area (Å²) in [6.45, 7) is 5.95. The van der Waals surface area contributed by atoms with Crippen LogP contribution in [0.25, 0.3) is 0 Å². The normalized spacial score (nSPS) is 13.6. The van der Waals surface area contributed by atoms with E-state index in [2.05, 4.69) is 17.6 Å². The second-order valence-electron chi connectivity index (χ2n) is 9.49. The third-order valence-electron chi connectivity index (χ3n) is 6.34. The van der Waals surface area contributed by atoms with Crippen molar-refractivity contribution in [2.45, 2.75) is 136 Å². The highest BCUT2D eigenvalue weighted by Gasteiger charge is 2.30. The first-order valence-corrected chi connectivity index (χ1v) is 13.3. The van der Waals surface area contributed by atoms with Gasteiger partial charge in [-0.2, -0.15) is 0 Å². The van der Waals surface area contributed by atoms with Crippen LogP contribution in [0.3, 0.4) is 0 Å². The first kappa shape index (κ1) is 31.9. The van der Waals surface area contributed by atoms with Crippen molar-refractivity contribution in [3.63, 3.8) is 0 Å². The molecule has 3 atom stereocenters. The zero-order valence-corrected chi connectivity index (χ0v) is 21.7. The second-order valence-corrected chi connectivity index (χ2v) is 9.49. The van der Waals surface area contributed by atoms with E-state index in [4.69, 9.17) is 5.73 Å². The van der Waals surface area contributed by atoms with Gasteiger partial charge in [0.25, 0.3) is 0 Å². The first-order chi connectivity index (χ1) is 16.2. The van der Waals surface area contributed by atoms with E-state index in [0.29, 0.717) is 12.8 Å². The van der Waals surface area contributed by atoms with Crippen molar-refractivity contribution in [1.29, 1.82) is 0 Å². The number of carboxylic acid groups (broad SMARTS) is 1. The van der Waals surface area contributed by atoms with Crippen LogP contribution in [0.4, 0.5) is 0 Å². The molecule has 5 N–H and O–H groups in total. The van der Waals surface area contributed by atoms with Gasteiger partial charge in [-0.1, -0.05) is 104 Å². The number of hydrogen-bond donors (Lipinski definition) is 4. The Balaban J connectivity index is 4.16. The van der Waals surface area contributed by atoms with Crippen LogP contribution >= 0.6 is 0 Å². The van der Waals surface area contributed by atoms with Gasteiger partial charge in [-0.15, -0.1) is 0 Å². The summed E-state index contributed by atoms with van der Waals surface area (Å²) in [5.41, 5.74) is 5.07. The maximum absolute atomic E-state index is 12.6. The molecule has 0 fully saturated rings. The number of aliphatic carboxylic acids is 1. The molecule has 0 radical (unpaired) electrons. The summed E-state index contributed by atoms with van der Waals surface area (Å²) in [7, 11) is 0. The van der Waals surface area contributed by atoms with E-state index in [1.807, 2.05) is 13.8 Å². The van der Waals surface area contributed by atoms with Crippen LogP contribution in [0.2, 0.25) is 0 Å². The fraction of sp³-hybridized carbons (Fsp3) is 0.846. The SMILES string of the molecule is CCCCCCCCCCCCCCCC(=O)N[C@H](C(=O)N[C@@H](CC(N)=O)C(=O)O)[C@@H](C)CC. The van der Waals surface area contributed by atoms with E-state index in [1.54, 1.807) is 0 Å². The molecule has 198 valence electrons. The van der Waals surface area contributed by atoms with Crippen LogP contribution < -0.4 is 16.4 Å². The van der Waals surface area contributed by atoms with Crippen molar-refractivity contribution >= 4 is 23.7 Å². The standard InChI is InChI=1S/C26H49N3O5/c1-4-6-7-8-9-10-11-12-13-14-15-16-17-18-23(31)29-24(20(3)5-2)25(32)28-21(26(33)34)19-22(27)30/h20-21,24H,4-19H2,1-3H3,(H2,27,30)(H,28,32)(H,29,31)(H,33,34)/t20-,21-,24-/m0/s1. The maximum atomic E-state index is 12.6. The van der Waals surface area contributed by atoms with Crippen molar-refractivity contribution in [2.75, 3.05) is 0 Å². The minimum atomic E-state index is -1.41. The molecule has 0 aliphatic heterocycles. The number of unbranched alkanes of at least 4 members (excludes halogenated alkanes) is 12. The molecule has 8 nitrogen and oxygen atoms in total. The number of primary amides is 1. The van der Waals surface area contributed by atoms with Gasteiger partial charge in [-0.25, -0.2) is 4.79 Å². The lowest BCUT2D eigenvalue weighted by molar-refractivity contribution is -0.144. The van der Waals surface area contributed by atoms with Gasteiger partial charge in [0, 0.05) is 6.42 Å². The molecule has 0 rings (SSSR count). The number of carbonyl (C=O) groups is 4. The molecule has 0 aliphatic carbocycles. The third kappa shape index (κ3) is 16.5. The molecular weight excluding hydrogens is 434 g/mol. The summed E-state index contributed by atoms with van der Waals surface area (Å²) in [5.74, 6) is -3.17. The number of nitrogens with two attached hydrogens (primary N) is 1. The number of rotatable bonds is 22. The summed E-state index contributed by atoms with van der Waals surface area (Å²) in [5, 5.41) is 14.3. The van der Waals surface area contributed by atoms with Crippen LogP contribution in [0, 0.1) is 5.92 Å². The van der Waals surface area contributed by atoms with Crippen LogP contribution in [0.5, 0.6) is 0 Å². The fourth-order valence-corrected chi connectivity index (χ4v) is 3.91. The predicted molar refractivity (Wildman–Crippen MR) is 135 cm³/mol. The highest BCUT2D eigenvalue weighted by molar-refractivity contribution is 5.92. The zero-order chi connectivity index (χ0) is 25.8. The molecule has 0 aromatic carbocycles. The van der Waals surface area contributed by atoms with Gasteiger partial charge in [0.2, 0.25) is 17.7 Å². The van der Waals surface area contributed by atoms with Crippen LogP contribution in [0.15, 0.2) is 0 Å². The predicted octanol–water partition coefficient (Wildman–Crippen LogP) is 4.44. The minimum Gasteiger partial charge on any atom is -0.480 e. The molecule has 0 bridgehead atoms. The van der Waals surface area contributed by atoms with E-state index in [-0.39, 0.29) is 11.8 Å². The van der Waals surface area contributed by atoms with Crippen LogP contribution in [-0.4, -0.2) is 40.9 Å². The molecule has 0 aliphatic rings. The molecule has 34 heavy (non-hydrogen) atoms. The summed E-state index contributed by atoms with van der Waals surface area (Å²) in [4.78, 5) is 47.4. The number of carboxylic acids is 1. The summed E-state index contributed by atoms with van der Waals surface area (Å²) in [6.07, 6.45) is 16.4. The number of hydrogen-bond acceptors (Lipinski definition) is 4. The van der Waals surface area contributed by atoms with E-state index in [9.17, 15) is 24.3 Å². The molecule has 0 unspecified atom stereocenters. The molecule has 0 saturated heterocycles. The van der Waals surface area contributed by atoms with Crippen molar-refractivity contribution in [3.05, 3.63) is 0 Å². The van der Waals surface area contributed by atoms with Crippen LogP contribution in [-0.2, 0) is 19.2 Å². The Morgan fingerprint density at radius 3 is 1.65 bits per heavy atom. The lowest BCUT2D eigenvalue weighted by Gasteiger charge is -2.25. The van der Waals surface area contributed by atoms with Gasteiger partial charge in [0.1, 0.15) is 12.1 Å². The van der Waals surface area contributed by atoms with E-state index >= 15 is 0 Å². The zero-order valence-electron chi connectivity index (χ0n) is 21.7. The van der Waals surface area contributed by atoms with E-state index < -0.39 is 36.3 Å². The monoisotopic (exact) mass is 483 g/mol. The third-order valence-corrected chi connectivity index (χ3v) is 6.34. The summed E-state index contributed by atoms with van der Waals surface area (Å²) >= 11 is 0. The van der Waals surface area contributed by atoms with Gasteiger partial charge in [-0.3, -0.25) is 14.4 Å². The molecule has 0 aromatic heterocycles. The van der Waals surface area contributed by atoms with Gasteiger partial charge >= 0.3 is 5.97 Å². The number of nitrogens with one attached hydrogen (secondary N) is 2. The average molecular weight is 484 g/mol. The summed E-state index contributed by atoms with van der Waals surface area (Å²) < 4.78 is 0. The lowest BCUT2D eigenvalue weighted by Crippen LogP contribution is -2.54. The Kier molecular flexibility index (Phi) is 19.0. The highest BCUT2D eigenvalue weighted by atomic mass is 16.4. The molecule has 0 heterocycles. The summed E-state index contributed by atoms with van der Waals surface area (Å²) in [6, 6.07) is -2.26. The second kappa shape index (κ2) is 20.3. The van der Waals surface area contributed by atoms with Gasteiger partial charge in [-0.05, 0) is 12.3 Å². The lowest BCUT2D eigenvalue weighted by atomic mass is 9.97. The van der Waals surface area contributed by atoms with Crippen molar-refractivity contribution in [2.24, 2.45) is 11.7 Å². The molecule has 8 heteroatoms. The van der Waals surface area contributed by atoms with Crippen molar-refractivity contribution in [1.82, 2.24) is 10.6 Å². The molecule has 3 amide bonds. The Bertz CT molecular complexity index is 597. The molecule has 0 spiro atoms. The van der Waals surface area contributed by atoms with Gasteiger partial charge < -0.3 is 21.5 Å². The number of carbonyl (C=O) groups excluding carboxylic acids is 3. The Morgan fingerprint density at radius 2 is 1.24 bits per heavy atom. The van der Waals surface area contributed by atoms with Crippen LogP contribution in [0.1, 0.15) is 124 Å². The quantitative estimate of drug-likeness (QED) is 0.169. The maximum Gasteiger partial charge on any atom is 0.326 e. The van der Waals surface area contributed by atoms with E-state index in [0.717, 1.165) is 19.3 Å². The number of amides is 3. The Labute approximate surface area is 206 Å². The van der Waals surface area contributed by atoms with E-state index in [1.165, 1.54) is 64.2 Å². The first-order valence-electron chi connectivity index (χ1n) is 13.3. The van der Waals surface area contributed by atoms with Crippen molar-refractivity contribution < 1.29 is 24.3 Å². The van der Waals surface area contributed by atoms with Crippen molar-refractivity contribution in [3.8, 4) is 0 Å². The molecule has 0 aromatic rings. The largest absolute Gasteiger partial charge is 0.480 e. The average Bonchev–Trinajstić information content (AvgIpc) is 2.79. The molecule has 0 saturated carbocycles. The Hall–Kier alpha value is -2.12. The van der Waals surface area contributed by atoms with Gasteiger partial charge in [0.05, 0.1) is 6.42 Å². The van der Waals surface area contributed by atoms with Gasteiger partial charge in [0.15, 0.2) is 0 Å². The smallest absolute Gasteiger partial charge is 0.326 e. The minimum absolute atomic E-state index is 0.182. The molecular formula is C26H49N3O5. The fourth-order valence-electron chi connectivity index (χ4n) is 3.91.